The van der Waals surface area contributed by atoms with Gasteiger partial charge in [-0.3, -0.25) is 10.1 Å². The van der Waals surface area contributed by atoms with Crippen LogP contribution in [-0.2, 0) is 6.54 Å². The summed E-state index contributed by atoms with van der Waals surface area (Å²) in [5.41, 5.74) is 0.903. The van der Waals surface area contributed by atoms with Gasteiger partial charge >= 0.3 is 0 Å². The van der Waals surface area contributed by atoms with Gasteiger partial charge in [0.15, 0.2) is 0 Å². The molecule has 1 heterocycles. The summed E-state index contributed by atoms with van der Waals surface area (Å²) in [7, 11) is 0. The highest BCUT2D eigenvalue weighted by molar-refractivity contribution is 5.50. The largest absolute Gasteiger partial charge is 0.385 e. The molecule has 0 saturated heterocycles. The highest BCUT2D eigenvalue weighted by atomic mass is 16.6. The van der Waals surface area contributed by atoms with Crippen LogP contribution in [-0.4, -0.2) is 21.0 Å². The Morgan fingerprint density at radius 1 is 1.37 bits per heavy atom. The van der Waals surface area contributed by atoms with Crippen molar-refractivity contribution in [2.45, 2.75) is 19.4 Å². The molecule has 0 bridgehead atoms. The first-order valence-corrected chi connectivity index (χ1v) is 6.20. The summed E-state index contributed by atoms with van der Waals surface area (Å²) in [6, 6.07) is 6.56. The summed E-state index contributed by atoms with van der Waals surface area (Å²) in [6.07, 6.45) is 7.54. The maximum Gasteiger partial charge on any atom is 0.271 e. The molecule has 0 fully saturated rings. The summed E-state index contributed by atoms with van der Waals surface area (Å²) >= 11 is 0. The van der Waals surface area contributed by atoms with Crippen molar-refractivity contribution in [1.82, 2.24) is 9.55 Å². The molecule has 0 aliphatic carbocycles. The van der Waals surface area contributed by atoms with Crippen molar-refractivity contribution >= 4 is 11.4 Å². The van der Waals surface area contributed by atoms with E-state index in [1.165, 1.54) is 6.07 Å². The van der Waals surface area contributed by atoms with E-state index in [-0.39, 0.29) is 10.6 Å². The fraction of sp³-hybridized carbons (Fsp3) is 0.308. The van der Waals surface area contributed by atoms with Crippen LogP contribution in [0.4, 0.5) is 11.4 Å². The Morgan fingerprint density at radius 3 is 3.00 bits per heavy atom. The normalized spacial score (nSPS) is 10.3. The van der Waals surface area contributed by atoms with Gasteiger partial charge in [0.25, 0.3) is 5.69 Å². The lowest BCUT2D eigenvalue weighted by Gasteiger charge is -2.06. The number of imidazole rings is 1. The zero-order valence-electron chi connectivity index (χ0n) is 10.5. The average Bonchev–Trinajstić information content (AvgIpc) is 2.92. The Morgan fingerprint density at radius 2 is 2.26 bits per heavy atom. The van der Waals surface area contributed by atoms with Crippen LogP contribution in [0.1, 0.15) is 12.8 Å². The number of nitro benzene ring substituents is 1. The third-order valence-electron chi connectivity index (χ3n) is 2.79. The summed E-state index contributed by atoms with van der Waals surface area (Å²) < 4.78 is 2.04. The maximum absolute atomic E-state index is 10.6. The van der Waals surface area contributed by atoms with Crippen molar-refractivity contribution in [2.75, 3.05) is 11.9 Å². The molecule has 6 nitrogen and oxygen atoms in total. The van der Waals surface area contributed by atoms with Crippen LogP contribution >= 0.6 is 0 Å². The second-order valence-corrected chi connectivity index (χ2v) is 4.24. The number of hydrogen-bond donors (Lipinski definition) is 1. The third-order valence-corrected chi connectivity index (χ3v) is 2.79. The number of nitrogens with zero attached hydrogens (tertiary/aromatic N) is 3. The van der Waals surface area contributed by atoms with Gasteiger partial charge in [-0.2, -0.15) is 0 Å². The smallest absolute Gasteiger partial charge is 0.271 e. The Balaban J connectivity index is 1.70. The summed E-state index contributed by atoms with van der Waals surface area (Å²) in [4.78, 5) is 14.2. The van der Waals surface area contributed by atoms with E-state index in [1.807, 2.05) is 16.8 Å². The monoisotopic (exact) mass is 260 g/mol. The molecule has 1 N–H and O–H groups in total. The second-order valence-electron chi connectivity index (χ2n) is 4.24. The average molecular weight is 260 g/mol. The fourth-order valence-electron chi connectivity index (χ4n) is 1.80. The Labute approximate surface area is 111 Å². The third kappa shape index (κ3) is 4.09. The summed E-state index contributed by atoms with van der Waals surface area (Å²) in [5, 5.41) is 13.8. The highest BCUT2D eigenvalue weighted by Gasteiger charge is 2.04. The van der Waals surface area contributed by atoms with Crippen molar-refractivity contribution in [3.05, 3.63) is 53.1 Å². The van der Waals surface area contributed by atoms with E-state index in [0.717, 1.165) is 31.6 Å². The topological polar surface area (TPSA) is 73.0 Å². The molecule has 2 rings (SSSR count). The van der Waals surface area contributed by atoms with E-state index < -0.39 is 0 Å². The summed E-state index contributed by atoms with van der Waals surface area (Å²) in [5.74, 6) is 0. The molecule has 0 spiro atoms. The molecule has 0 atom stereocenters. The van der Waals surface area contributed by atoms with Gasteiger partial charge in [-0.05, 0) is 18.9 Å². The minimum Gasteiger partial charge on any atom is -0.385 e. The number of hydrogen-bond acceptors (Lipinski definition) is 4. The molecule has 1 aromatic heterocycles. The van der Waals surface area contributed by atoms with Crippen molar-refractivity contribution in [3.8, 4) is 0 Å². The number of rotatable bonds is 7. The van der Waals surface area contributed by atoms with Gasteiger partial charge in [-0.25, -0.2) is 4.98 Å². The van der Waals surface area contributed by atoms with Crippen molar-refractivity contribution < 1.29 is 4.92 Å². The van der Waals surface area contributed by atoms with Gasteiger partial charge in [0, 0.05) is 43.3 Å². The van der Waals surface area contributed by atoms with Crippen molar-refractivity contribution in [3.63, 3.8) is 0 Å². The van der Waals surface area contributed by atoms with Gasteiger partial charge in [0.1, 0.15) is 0 Å². The number of nitrogens with one attached hydrogen (secondary N) is 1. The van der Waals surface area contributed by atoms with E-state index in [4.69, 9.17) is 0 Å². The lowest BCUT2D eigenvalue weighted by molar-refractivity contribution is -0.384. The first kappa shape index (κ1) is 13.1. The zero-order valence-corrected chi connectivity index (χ0v) is 10.5. The zero-order chi connectivity index (χ0) is 13.5. The van der Waals surface area contributed by atoms with Crippen LogP contribution in [0.25, 0.3) is 0 Å². The van der Waals surface area contributed by atoms with Crippen LogP contribution in [0.3, 0.4) is 0 Å². The van der Waals surface area contributed by atoms with Crippen molar-refractivity contribution in [1.29, 1.82) is 0 Å². The van der Waals surface area contributed by atoms with E-state index in [0.29, 0.717) is 0 Å². The number of non-ortho nitro benzene ring substituents is 1. The molecule has 0 amide bonds. The number of unbranched alkanes of at least 4 members (excludes halogenated alkanes) is 1. The molecular weight excluding hydrogens is 244 g/mol. The summed E-state index contributed by atoms with van der Waals surface area (Å²) in [6.45, 7) is 1.74. The van der Waals surface area contributed by atoms with Gasteiger partial charge < -0.3 is 9.88 Å². The molecule has 0 aliphatic rings. The lowest BCUT2D eigenvalue weighted by atomic mass is 10.2. The van der Waals surface area contributed by atoms with Crippen LogP contribution < -0.4 is 5.32 Å². The highest BCUT2D eigenvalue weighted by Crippen LogP contribution is 2.16. The molecular formula is C13H16N4O2. The van der Waals surface area contributed by atoms with E-state index in [2.05, 4.69) is 10.3 Å². The van der Waals surface area contributed by atoms with Crippen LogP contribution in [0.15, 0.2) is 43.0 Å². The first-order valence-electron chi connectivity index (χ1n) is 6.20. The van der Waals surface area contributed by atoms with Gasteiger partial charge in [-0.1, -0.05) is 6.07 Å². The molecule has 1 aromatic carbocycles. The number of nitro groups is 1. The Bertz CT molecular complexity index is 525. The minimum absolute atomic E-state index is 0.114. The Kier molecular flexibility index (Phi) is 4.49. The predicted octanol–water partition coefficient (Wildman–Crippen LogP) is 2.68. The van der Waals surface area contributed by atoms with E-state index in [1.54, 1.807) is 24.7 Å². The van der Waals surface area contributed by atoms with Crippen molar-refractivity contribution in [2.24, 2.45) is 0 Å². The molecule has 0 radical (unpaired) electrons. The molecule has 0 unspecified atom stereocenters. The van der Waals surface area contributed by atoms with E-state index >= 15 is 0 Å². The minimum atomic E-state index is -0.385. The standard InChI is InChI=1S/C13H16N4O2/c18-17(19)13-5-3-4-12(10-13)15-6-1-2-8-16-9-7-14-11-16/h3-5,7,9-11,15H,1-2,6,8H2. The van der Waals surface area contributed by atoms with Gasteiger partial charge in [0.05, 0.1) is 11.3 Å². The molecule has 19 heavy (non-hydrogen) atoms. The number of aromatic nitrogens is 2. The first-order chi connectivity index (χ1) is 9.25. The van der Waals surface area contributed by atoms with Crippen LogP contribution in [0.2, 0.25) is 0 Å². The van der Waals surface area contributed by atoms with Crippen LogP contribution in [0.5, 0.6) is 0 Å². The SMILES string of the molecule is O=[N+]([O-])c1cccc(NCCCCn2ccnc2)c1. The van der Waals surface area contributed by atoms with Crippen LogP contribution in [0, 0.1) is 10.1 Å². The van der Waals surface area contributed by atoms with Gasteiger partial charge in [-0.15, -0.1) is 0 Å². The van der Waals surface area contributed by atoms with Gasteiger partial charge in [0.2, 0.25) is 0 Å². The lowest BCUT2D eigenvalue weighted by Crippen LogP contribution is -2.04. The van der Waals surface area contributed by atoms with E-state index in [9.17, 15) is 10.1 Å². The number of aryl methyl sites for hydroxylation is 1. The maximum atomic E-state index is 10.6. The molecule has 6 heteroatoms. The number of anilines is 1. The number of benzene rings is 1. The Hall–Kier alpha value is -2.37. The molecule has 0 aliphatic heterocycles. The molecule has 100 valence electrons. The predicted molar refractivity (Wildman–Crippen MR) is 73.0 cm³/mol. The quantitative estimate of drug-likeness (QED) is 0.472. The molecule has 0 saturated carbocycles. The fourth-order valence-corrected chi connectivity index (χ4v) is 1.80. The molecule has 2 aromatic rings. The second kappa shape index (κ2) is 6.53.